The molecule has 0 atom stereocenters. The minimum atomic E-state index is -0.855. The second-order valence-corrected chi connectivity index (χ2v) is 5.87. The highest BCUT2D eigenvalue weighted by atomic mass is 32.1. The molecule has 0 spiro atoms. The molecule has 116 valence electrons. The summed E-state index contributed by atoms with van der Waals surface area (Å²) in [5, 5.41) is 0.287. The predicted octanol–water partition coefficient (Wildman–Crippen LogP) is 4.04. The van der Waals surface area contributed by atoms with Crippen molar-refractivity contribution in [2.75, 3.05) is 6.61 Å². The van der Waals surface area contributed by atoms with E-state index in [1.165, 1.54) is 35.6 Å². The van der Waals surface area contributed by atoms with Crippen LogP contribution in [0.1, 0.15) is 10.4 Å². The van der Waals surface area contributed by atoms with Crippen LogP contribution in [0.4, 0.5) is 8.78 Å². The second kappa shape index (κ2) is 5.89. The molecule has 0 unspecified atom stereocenters. The maximum Gasteiger partial charge on any atom is 0.341 e. The van der Waals surface area contributed by atoms with Gasteiger partial charge in [-0.2, -0.15) is 0 Å². The number of ether oxygens (including phenoxy) is 1. The molecule has 0 saturated heterocycles. The van der Waals surface area contributed by atoms with Crippen LogP contribution in [-0.4, -0.2) is 12.6 Å². The van der Waals surface area contributed by atoms with Crippen LogP contribution in [0.2, 0.25) is 0 Å². The molecule has 0 N–H and O–H groups in total. The van der Waals surface area contributed by atoms with E-state index in [0.29, 0.717) is 9.40 Å². The molecular weight excluding hydrogens is 322 g/mol. The quantitative estimate of drug-likeness (QED) is 0.413. The van der Waals surface area contributed by atoms with Crippen molar-refractivity contribution < 1.29 is 18.3 Å². The summed E-state index contributed by atoms with van der Waals surface area (Å²) in [5.74, 6) is -2.22. The summed E-state index contributed by atoms with van der Waals surface area (Å²) in [4.78, 5) is 24.2. The van der Waals surface area contributed by atoms with E-state index in [1.54, 1.807) is 0 Å². The molecule has 3 nitrogen and oxygen atoms in total. The number of benzene rings is 2. The first kappa shape index (κ1) is 15.3. The van der Waals surface area contributed by atoms with Gasteiger partial charge in [0.15, 0.2) is 5.43 Å². The maximum atomic E-state index is 14.1. The lowest BCUT2D eigenvalue weighted by Gasteiger charge is -2.06. The average molecular weight is 332 g/mol. The molecule has 0 aliphatic rings. The molecule has 0 radical (unpaired) electrons. The lowest BCUT2D eigenvalue weighted by molar-refractivity contribution is 0.0544. The van der Waals surface area contributed by atoms with Crippen molar-refractivity contribution >= 4 is 37.5 Å². The van der Waals surface area contributed by atoms with Gasteiger partial charge in [-0.1, -0.05) is 12.7 Å². The summed E-state index contributed by atoms with van der Waals surface area (Å²) in [5.41, 5.74) is -0.727. The number of hydrogen-bond acceptors (Lipinski definition) is 4. The van der Waals surface area contributed by atoms with E-state index >= 15 is 0 Å². The summed E-state index contributed by atoms with van der Waals surface area (Å²) in [6.07, 6.45) is 1.37. The number of carbonyl (C=O) groups excluding carboxylic acids is 1. The minimum Gasteiger partial charge on any atom is -0.458 e. The van der Waals surface area contributed by atoms with Gasteiger partial charge in [-0.15, -0.1) is 11.3 Å². The summed E-state index contributed by atoms with van der Waals surface area (Å²) in [7, 11) is 0. The largest absolute Gasteiger partial charge is 0.458 e. The highest BCUT2D eigenvalue weighted by Gasteiger charge is 2.17. The summed E-state index contributed by atoms with van der Waals surface area (Å²) >= 11 is 1.18. The zero-order valence-electron chi connectivity index (χ0n) is 11.8. The van der Waals surface area contributed by atoms with Crippen LogP contribution in [0.15, 0.2) is 47.8 Å². The third kappa shape index (κ3) is 2.73. The maximum absolute atomic E-state index is 14.1. The normalized spacial score (nSPS) is 10.9. The molecule has 1 heterocycles. The van der Waals surface area contributed by atoms with Crippen molar-refractivity contribution in [3.8, 4) is 0 Å². The number of halogens is 2. The molecule has 0 amide bonds. The molecule has 0 bridgehead atoms. The fourth-order valence-corrected chi connectivity index (χ4v) is 3.29. The summed E-state index contributed by atoms with van der Waals surface area (Å²) in [6, 6.07) is 6.12. The van der Waals surface area contributed by atoms with E-state index in [4.69, 9.17) is 4.74 Å². The summed E-state index contributed by atoms with van der Waals surface area (Å²) < 4.78 is 33.2. The number of rotatable bonds is 3. The first-order chi connectivity index (χ1) is 11.0. The van der Waals surface area contributed by atoms with Crippen LogP contribution in [0.5, 0.6) is 0 Å². The zero-order chi connectivity index (χ0) is 16.6. The third-order valence-corrected chi connectivity index (χ3v) is 4.41. The topological polar surface area (TPSA) is 43.4 Å². The molecular formula is C17H10F2O3S. The van der Waals surface area contributed by atoms with E-state index < -0.39 is 23.0 Å². The van der Waals surface area contributed by atoms with Crippen LogP contribution in [0.3, 0.4) is 0 Å². The molecule has 0 fully saturated rings. The van der Waals surface area contributed by atoms with Gasteiger partial charge in [0, 0.05) is 20.2 Å². The number of fused-ring (bicyclic) bond motifs is 2. The van der Waals surface area contributed by atoms with Crippen molar-refractivity contribution in [3.05, 3.63) is 70.4 Å². The van der Waals surface area contributed by atoms with E-state index in [2.05, 4.69) is 6.58 Å². The van der Waals surface area contributed by atoms with Gasteiger partial charge in [0.1, 0.15) is 18.2 Å². The Morgan fingerprint density at radius 2 is 1.91 bits per heavy atom. The molecule has 6 heteroatoms. The molecule has 23 heavy (non-hydrogen) atoms. The van der Waals surface area contributed by atoms with Crippen molar-refractivity contribution in [2.24, 2.45) is 0 Å². The van der Waals surface area contributed by atoms with Gasteiger partial charge in [0.25, 0.3) is 0 Å². The monoisotopic (exact) mass is 332 g/mol. The third-order valence-electron chi connectivity index (χ3n) is 3.27. The molecule has 0 aliphatic carbocycles. The molecule has 1 aromatic heterocycles. The van der Waals surface area contributed by atoms with Crippen molar-refractivity contribution in [2.45, 2.75) is 0 Å². The Bertz CT molecular complexity index is 1010. The van der Waals surface area contributed by atoms with Gasteiger partial charge < -0.3 is 4.74 Å². The first-order valence-electron chi connectivity index (χ1n) is 6.65. The first-order valence-corrected chi connectivity index (χ1v) is 7.46. The lowest BCUT2D eigenvalue weighted by Crippen LogP contribution is -2.09. The van der Waals surface area contributed by atoms with E-state index in [0.717, 1.165) is 12.1 Å². The van der Waals surface area contributed by atoms with Gasteiger partial charge in [-0.3, -0.25) is 4.79 Å². The average Bonchev–Trinajstić information content (AvgIpc) is 2.54. The Morgan fingerprint density at radius 1 is 1.17 bits per heavy atom. The SMILES string of the molecule is C=CCOC(=O)c1cc2sc3ccc(F)cc3c(=O)c2cc1F. The van der Waals surface area contributed by atoms with Crippen LogP contribution >= 0.6 is 11.3 Å². The van der Waals surface area contributed by atoms with E-state index in [1.807, 2.05) is 0 Å². The molecule has 0 saturated carbocycles. The summed E-state index contributed by atoms with van der Waals surface area (Å²) in [6.45, 7) is 3.37. The van der Waals surface area contributed by atoms with Crippen LogP contribution in [0.25, 0.3) is 20.2 Å². The number of carbonyl (C=O) groups is 1. The minimum absolute atomic E-state index is 0.0382. The van der Waals surface area contributed by atoms with Gasteiger partial charge in [0.2, 0.25) is 0 Å². The molecule has 3 aromatic rings. The van der Waals surface area contributed by atoms with Gasteiger partial charge >= 0.3 is 5.97 Å². The van der Waals surface area contributed by atoms with Crippen molar-refractivity contribution in [3.63, 3.8) is 0 Å². The van der Waals surface area contributed by atoms with E-state index in [-0.39, 0.29) is 22.9 Å². The second-order valence-electron chi connectivity index (χ2n) is 4.79. The number of esters is 1. The smallest absolute Gasteiger partial charge is 0.341 e. The molecule has 3 rings (SSSR count). The molecule has 0 aliphatic heterocycles. The highest BCUT2D eigenvalue weighted by molar-refractivity contribution is 7.24. The van der Waals surface area contributed by atoms with Gasteiger partial charge in [-0.25, -0.2) is 13.6 Å². The van der Waals surface area contributed by atoms with Crippen LogP contribution in [-0.2, 0) is 4.74 Å². The Labute approximate surface area is 133 Å². The zero-order valence-corrected chi connectivity index (χ0v) is 12.6. The fraction of sp³-hybridized carbons (Fsp3) is 0.0588. The van der Waals surface area contributed by atoms with E-state index in [9.17, 15) is 18.4 Å². The highest BCUT2D eigenvalue weighted by Crippen LogP contribution is 2.27. The number of hydrogen-bond donors (Lipinski definition) is 0. The van der Waals surface area contributed by atoms with Gasteiger partial charge in [-0.05, 0) is 30.3 Å². The lowest BCUT2D eigenvalue weighted by atomic mass is 10.1. The van der Waals surface area contributed by atoms with Crippen molar-refractivity contribution in [1.82, 2.24) is 0 Å². The Balaban J connectivity index is 2.26. The molecule has 2 aromatic carbocycles. The van der Waals surface area contributed by atoms with Crippen LogP contribution < -0.4 is 5.43 Å². The Morgan fingerprint density at radius 3 is 2.65 bits per heavy atom. The standard InChI is InChI=1S/C17H10F2O3S/c1-2-5-22-17(21)10-8-15-12(7-13(10)19)16(20)11-6-9(18)3-4-14(11)23-15/h2-4,6-8H,1,5H2. The van der Waals surface area contributed by atoms with Gasteiger partial charge in [0.05, 0.1) is 5.56 Å². The Hall–Kier alpha value is -2.60. The van der Waals surface area contributed by atoms with Crippen LogP contribution in [0, 0.1) is 11.6 Å². The fourth-order valence-electron chi connectivity index (χ4n) is 2.22. The Kier molecular flexibility index (Phi) is 3.92. The predicted molar refractivity (Wildman–Crippen MR) is 86.0 cm³/mol. The van der Waals surface area contributed by atoms with Crippen molar-refractivity contribution in [1.29, 1.82) is 0 Å².